The van der Waals surface area contributed by atoms with Crippen molar-refractivity contribution in [2.45, 2.75) is 13.2 Å². The zero-order chi connectivity index (χ0) is 15.4. The van der Waals surface area contributed by atoms with Crippen LogP contribution in [0.1, 0.15) is 5.56 Å². The average Bonchev–Trinajstić information content (AvgIpc) is 3.05. The third kappa shape index (κ3) is 3.50. The van der Waals surface area contributed by atoms with Gasteiger partial charge in [0.15, 0.2) is 0 Å². The molecule has 112 valence electrons. The van der Waals surface area contributed by atoms with Gasteiger partial charge in [-0.25, -0.2) is 4.68 Å². The van der Waals surface area contributed by atoms with E-state index in [2.05, 4.69) is 22.1 Å². The van der Waals surface area contributed by atoms with Gasteiger partial charge in [-0.05, 0) is 30.1 Å². The van der Waals surface area contributed by atoms with E-state index in [1.54, 1.807) is 23.5 Å². The van der Waals surface area contributed by atoms with Crippen LogP contribution in [-0.2, 0) is 13.2 Å². The molecule has 0 spiro atoms. The molecule has 2 heterocycles. The summed E-state index contributed by atoms with van der Waals surface area (Å²) in [6.07, 6.45) is 0. The molecule has 0 N–H and O–H groups in total. The fourth-order valence-corrected chi connectivity index (χ4v) is 2.97. The van der Waals surface area contributed by atoms with E-state index in [0.29, 0.717) is 6.67 Å². The highest BCUT2D eigenvalue weighted by molar-refractivity contribution is 7.13. The van der Waals surface area contributed by atoms with E-state index in [9.17, 15) is 4.79 Å². The lowest BCUT2D eigenvalue weighted by Gasteiger charge is -2.17. The molecule has 4 nitrogen and oxygen atoms in total. The smallest absolute Gasteiger partial charge is 0.268 e. The lowest BCUT2D eigenvalue weighted by Crippen LogP contribution is -2.31. The van der Waals surface area contributed by atoms with Crippen molar-refractivity contribution in [3.8, 4) is 10.6 Å². The largest absolute Gasteiger partial charge is 0.283 e. The molecular weight excluding hydrogens is 294 g/mol. The van der Waals surface area contributed by atoms with Gasteiger partial charge in [0, 0.05) is 12.6 Å². The van der Waals surface area contributed by atoms with E-state index in [4.69, 9.17) is 0 Å². The number of nitrogens with zero attached hydrogens (tertiary/aromatic N) is 3. The van der Waals surface area contributed by atoms with Gasteiger partial charge in [-0.1, -0.05) is 36.4 Å². The topological polar surface area (TPSA) is 38.1 Å². The maximum absolute atomic E-state index is 12.0. The quantitative estimate of drug-likeness (QED) is 0.727. The molecule has 5 heteroatoms. The van der Waals surface area contributed by atoms with Gasteiger partial charge in [0.2, 0.25) is 0 Å². The van der Waals surface area contributed by atoms with Crippen molar-refractivity contribution >= 4 is 11.3 Å². The summed E-state index contributed by atoms with van der Waals surface area (Å²) in [5, 5.41) is 6.48. The van der Waals surface area contributed by atoms with Crippen molar-refractivity contribution in [2.75, 3.05) is 7.05 Å². The number of hydrogen-bond donors (Lipinski definition) is 0. The van der Waals surface area contributed by atoms with Crippen LogP contribution in [0.3, 0.4) is 0 Å². The standard InChI is InChI=1S/C17H17N3OS/c1-19(12-14-6-3-2-4-7-14)13-20-17(21)10-9-15(18-20)16-8-5-11-22-16/h2-11H,12-13H2,1H3. The summed E-state index contributed by atoms with van der Waals surface area (Å²) >= 11 is 1.62. The van der Waals surface area contributed by atoms with Crippen LogP contribution >= 0.6 is 11.3 Å². The highest BCUT2D eigenvalue weighted by Crippen LogP contribution is 2.21. The second-order valence-electron chi connectivity index (χ2n) is 5.17. The van der Waals surface area contributed by atoms with Crippen molar-refractivity contribution in [1.82, 2.24) is 14.7 Å². The minimum absolute atomic E-state index is 0.0831. The Bertz CT molecular complexity index is 781. The Morgan fingerprint density at radius 2 is 1.91 bits per heavy atom. The molecule has 1 aromatic carbocycles. The molecule has 0 unspecified atom stereocenters. The summed E-state index contributed by atoms with van der Waals surface area (Å²) in [7, 11) is 1.99. The Morgan fingerprint density at radius 3 is 2.64 bits per heavy atom. The fraction of sp³-hybridized carbons (Fsp3) is 0.176. The monoisotopic (exact) mass is 311 g/mol. The minimum Gasteiger partial charge on any atom is -0.283 e. The summed E-state index contributed by atoms with van der Waals surface area (Å²) < 4.78 is 1.51. The van der Waals surface area contributed by atoms with Crippen LogP contribution in [0, 0.1) is 0 Å². The van der Waals surface area contributed by atoms with E-state index in [1.165, 1.54) is 10.2 Å². The van der Waals surface area contributed by atoms with Crippen LogP contribution in [0.15, 0.2) is 64.8 Å². The molecule has 0 bridgehead atoms. The number of benzene rings is 1. The van der Waals surface area contributed by atoms with Gasteiger partial charge in [0.25, 0.3) is 5.56 Å². The predicted molar refractivity (Wildman–Crippen MR) is 89.7 cm³/mol. The Balaban J connectivity index is 1.77. The summed E-state index contributed by atoms with van der Waals surface area (Å²) in [4.78, 5) is 15.1. The van der Waals surface area contributed by atoms with Gasteiger partial charge in [-0.15, -0.1) is 11.3 Å². The Hall–Kier alpha value is -2.24. The fourth-order valence-electron chi connectivity index (χ4n) is 2.28. The van der Waals surface area contributed by atoms with Crippen LogP contribution in [0.25, 0.3) is 10.6 Å². The normalized spacial score (nSPS) is 11.0. The molecule has 0 aliphatic rings. The molecule has 0 aliphatic heterocycles. The van der Waals surface area contributed by atoms with E-state index in [0.717, 1.165) is 17.1 Å². The maximum Gasteiger partial charge on any atom is 0.268 e. The van der Waals surface area contributed by atoms with E-state index >= 15 is 0 Å². The number of hydrogen-bond acceptors (Lipinski definition) is 4. The molecule has 0 saturated carbocycles. The molecule has 0 aliphatic carbocycles. The van der Waals surface area contributed by atoms with Crippen molar-refractivity contribution in [3.05, 3.63) is 75.9 Å². The van der Waals surface area contributed by atoms with Crippen LogP contribution in [0.5, 0.6) is 0 Å². The lowest BCUT2D eigenvalue weighted by atomic mass is 10.2. The highest BCUT2D eigenvalue weighted by Gasteiger charge is 2.07. The highest BCUT2D eigenvalue weighted by atomic mass is 32.1. The van der Waals surface area contributed by atoms with Crippen molar-refractivity contribution < 1.29 is 0 Å². The Kier molecular flexibility index (Phi) is 4.46. The first kappa shape index (κ1) is 14.7. The van der Waals surface area contributed by atoms with Gasteiger partial charge < -0.3 is 0 Å². The first-order valence-electron chi connectivity index (χ1n) is 7.07. The zero-order valence-corrected chi connectivity index (χ0v) is 13.2. The summed E-state index contributed by atoms with van der Waals surface area (Å²) in [6.45, 7) is 1.24. The summed E-state index contributed by atoms with van der Waals surface area (Å²) in [6, 6.07) is 17.5. The van der Waals surface area contributed by atoms with Gasteiger partial charge in [-0.2, -0.15) is 5.10 Å². The Morgan fingerprint density at radius 1 is 1.09 bits per heavy atom. The third-order valence-electron chi connectivity index (χ3n) is 3.31. The van der Waals surface area contributed by atoms with Crippen LogP contribution in [0.4, 0.5) is 0 Å². The van der Waals surface area contributed by atoms with Crippen LogP contribution in [0.2, 0.25) is 0 Å². The molecule has 3 rings (SSSR count). The third-order valence-corrected chi connectivity index (χ3v) is 4.20. The number of thiophene rings is 1. The van der Waals surface area contributed by atoms with Gasteiger partial charge >= 0.3 is 0 Å². The van der Waals surface area contributed by atoms with E-state index in [1.807, 2.05) is 42.8 Å². The zero-order valence-electron chi connectivity index (χ0n) is 12.3. The van der Waals surface area contributed by atoms with Gasteiger partial charge in [0.1, 0.15) is 5.69 Å². The van der Waals surface area contributed by atoms with Crippen molar-refractivity contribution in [2.24, 2.45) is 0 Å². The first-order chi connectivity index (χ1) is 10.7. The average molecular weight is 311 g/mol. The van der Waals surface area contributed by atoms with E-state index in [-0.39, 0.29) is 5.56 Å². The lowest BCUT2D eigenvalue weighted by molar-refractivity contribution is 0.240. The molecule has 0 saturated heterocycles. The van der Waals surface area contributed by atoms with Crippen molar-refractivity contribution in [3.63, 3.8) is 0 Å². The number of rotatable bonds is 5. The molecular formula is C17H17N3OS. The van der Waals surface area contributed by atoms with E-state index < -0.39 is 0 Å². The second-order valence-corrected chi connectivity index (χ2v) is 6.12. The first-order valence-corrected chi connectivity index (χ1v) is 7.95. The molecule has 0 amide bonds. The minimum atomic E-state index is -0.0831. The Labute approximate surface area is 133 Å². The maximum atomic E-state index is 12.0. The predicted octanol–water partition coefficient (Wildman–Crippen LogP) is 3.06. The molecule has 22 heavy (non-hydrogen) atoms. The molecule has 2 aromatic heterocycles. The van der Waals surface area contributed by atoms with Crippen molar-refractivity contribution in [1.29, 1.82) is 0 Å². The second kappa shape index (κ2) is 6.68. The molecule has 3 aromatic rings. The van der Waals surface area contributed by atoms with Gasteiger partial charge in [0.05, 0.1) is 11.5 Å². The molecule has 0 fully saturated rings. The van der Waals surface area contributed by atoms with Crippen LogP contribution in [-0.4, -0.2) is 21.7 Å². The SMILES string of the molecule is CN(Cc1ccccc1)Cn1nc(-c2cccs2)ccc1=O. The summed E-state index contributed by atoms with van der Waals surface area (Å²) in [5.41, 5.74) is 1.97. The summed E-state index contributed by atoms with van der Waals surface area (Å²) in [5.74, 6) is 0. The van der Waals surface area contributed by atoms with Gasteiger partial charge in [-0.3, -0.25) is 9.69 Å². The molecule has 0 atom stereocenters. The van der Waals surface area contributed by atoms with Crippen LogP contribution < -0.4 is 5.56 Å². The molecule has 0 radical (unpaired) electrons. The number of aromatic nitrogens is 2.